The molecule has 254 valence electrons. The van der Waals surface area contributed by atoms with Gasteiger partial charge in [-0.3, -0.25) is 14.4 Å². The zero-order chi connectivity index (χ0) is 35.0. The smallest absolute Gasteiger partial charge is 0.415 e. The van der Waals surface area contributed by atoms with Crippen molar-refractivity contribution in [3.63, 3.8) is 0 Å². The van der Waals surface area contributed by atoms with Gasteiger partial charge >= 0.3 is 18.0 Å². The number of azide groups is 1. The molecule has 1 fully saturated rings. The number of aliphatic carboxylic acids is 1. The molecule has 0 aliphatic carbocycles. The molecule has 1 N–H and O–H groups in total. The minimum atomic E-state index is -0.917. The fourth-order valence-electron chi connectivity index (χ4n) is 5.03. The normalized spacial score (nSPS) is 14.8. The molecule has 1 aliphatic heterocycles. The van der Waals surface area contributed by atoms with Gasteiger partial charge < -0.3 is 28.6 Å². The van der Waals surface area contributed by atoms with E-state index in [0.717, 1.165) is 16.9 Å². The number of benzene rings is 3. The molecule has 0 saturated carbocycles. The van der Waals surface area contributed by atoms with Crippen LogP contribution in [-0.2, 0) is 32.0 Å². The van der Waals surface area contributed by atoms with Gasteiger partial charge in [0.05, 0.1) is 32.4 Å². The molecule has 1 saturated heterocycles. The molecule has 4 aromatic rings. The van der Waals surface area contributed by atoms with E-state index in [1.807, 2.05) is 60.7 Å². The van der Waals surface area contributed by atoms with Gasteiger partial charge in [0.15, 0.2) is 0 Å². The lowest BCUT2D eigenvalue weighted by molar-refractivity contribution is -0.144. The van der Waals surface area contributed by atoms with Crippen molar-refractivity contribution < 1.29 is 42.9 Å². The molecule has 0 bridgehead atoms. The molecule has 0 unspecified atom stereocenters. The third kappa shape index (κ3) is 11.3. The molecule has 14 heteroatoms. The Bertz CT molecular complexity index is 1760. The number of hydrogen-bond donors (Lipinski definition) is 1. The number of para-hydroxylation sites is 1. The zero-order valence-corrected chi connectivity index (χ0v) is 26.7. The quantitative estimate of drug-likeness (QED) is 0.0601. The van der Waals surface area contributed by atoms with Crippen LogP contribution in [0.5, 0.6) is 11.5 Å². The van der Waals surface area contributed by atoms with Crippen molar-refractivity contribution in [2.75, 3.05) is 33.4 Å². The van der Waals surface area contributed by atoms with E-state index >= 15 is 0 Å². The number of ether oxygens (including phenoxy) is 3. The minimum Gasteiger partial charge on any atom is -0.493 e. The molecular weight excluding hydrogens is 634 g/mol. The van der Waals surface area contributed by atoms with Gasteiger partial charge in [-0.25, -0.2) is 9.78 Å². The number of rotatable bonds is 13. The summed E-state index contributed by atoms with van der Waals surface area (Å²) in [5.41, 5.74) is 9.67. The second-order valence-corrected chi connectivity index (χ2v) is 10.9. The van der Waals surface area contributed by atoms with E-state index in [1.165, 1.54) is 12.0 Å². The number of hydrogen-bond acceptors (Lipinski definition) is 10. The predicted molar refractivity (Wildman–Crippen MR) is 176 cm³/mol. The van der Waals surface area contributed by atoms with Gasteiger partial charge in [0.2, 0.25) is 5.89 Å². The largest absolute Gasteiger partial charge is 0.493 e. The molecule has 2 heterocycles. The van der Waals surface area contributed by atoms with Crippen LogP contribution in [0.3, 0.4) is 0 Å². The van der Waals surface area contributed by atoms with Gasteiger partial charge in [-0.2, -0.15) is 0 Å². The number of carbonyl (C=O) groups is 4. The number of esters is 1. The first-order valence-corrected chi connectivity index (χ1v) is 15.3. The van der Waals surface area contributed by atoms with Crippen LogP contribution in [0.15, 0.2) is 101 Å². The second-order valence-electron chi connectivity index (χ2n) is 10.9. The lowest BCUT2D eigenvalue weighted by Crippen LogP contribution is -2.32. The summed E-state index contributed by atoms with van der Waals surface area (Å²) in [4.78, 5) is 53.8. The second kappa shape index (κ2) is 18.3. The maximum Gasteiger partial charge on any atom is 0.415 e. The number of aromatic nitrogens is 1. The first-order valence-electron chi connectivity index (χ1n) is 15.3. The molecule has 2 atom stereocenters. The Labute approximate surface area is 281 Å². The van der Waals surface area contributed by atoms with Gasteiger partial charge in [0, 0.05) is 30.0 Å². The highest BCUT2D eigenvalue weighted by Crippen LogP contribution is 2.29. The highest BCUT2D eigenvalue weighted by atomic mass is 16.6. The van der Waals surface area contributed by atoms with Gasteiger partial charge in [-0.15, -0.1) is 0 Å². The summed E-state index contributed by atoms with van der Waals surface area (Å²) in [7, 11) is 1.18. The van der Waals surface area contributed by atoms with Crippen LogP contribution in [0.2, 0.25) is 0 Å². The van der Waals surface area contributed by atoms with E-state index in [2.05, 4.69) is 19.7 Å². The van der Waals surface area contributed by atoms with Crippen molar-refractivity contribution in [2.45, 2.75) is 19.3 Å². The van der Waals surface area contributed by atoms with Crippen molar-refractivity contribution in [1.29, 1.82) is 0 Å². The lowest BCUT2D eigenvalue weighted by Gasteiger charge is -2.16. The number of likely N-dealkylation sites (tertiary alicyclic amines) is 1. The minimum absolute atomic E-state index is 0.115. The van der Waals surface area contributed by atoms with Crippen LogP contribution in [-0.4, -0.2) is 72.2 Å². The van der Waals surface area contributed by atoms with E-state index in [1.54, 1.807) is 30.5 Å². The molecular formula is C35H35N5O9. The average Bonchev–Trinajstić information content (AvgIpc) is 3.77. The van der Waals surface area contributed by atoms with E-state index in [0.29, 0.717) is 43.4 Å². The first kappa shape index (κ1) is 35.7. The number of Topliss-reactive ketones (excluding diaryl/α,β-unsaturated/α-hetero) is 1. The van der Waals surface area contributed by atoms with Gasteiger partial charge in [0.25, 0.3) is 0 Å². The van der Waals surface area contributed by atoms with Crippen LogP contribution in [0.1, 0.15) is 17.7 Å². The van der Waals surface area contributed by atoms with Crippen molar-refractivity contribution in [1.82, 2.24) is 9.88 Å². The molecule has 0 spiro atoms. The van der Waals surface area contributed by atoms with Crippen LogP contribution in [0.4, 0.5) is 4.79 Å². The number of methoxy groups -OCH3 is 1. The van der Waals surface area contributed by atoms with Gasteiger partial charge in [-0.05, 0) is 59.8 Å². The van der Waals surface area contributed by atoms with E-state index in [4.69, 9.17) is 19.4 Å². The summed E-state index contributed by atoms with van der Waals surface area (Å²) in [5, 5.41) is 12.8. The monoisotopic (exact) mass is 669 g/mol. The Balaban J connectivity index is 0.000000424. The number of carboxylic acids is 1. The molecule has 5 rings (SSSR count). The van der Waals surface area contributed by atoms with Crippen molar-refractivity contribution in [2.24, 2.45) is 17.0 Å². The Morgan fingerprint density at radius 1 is 1.00 bits per heavy atom. The van der Waals surface area contributed by atoms with Crippen LogP contribution in [0.25, 0.3) is 21.9 Å². The topological polar surface area (TPSA) is 194 Å². The summed E-state index contributed by atoms with van der Waals surface area (Å²) >= 11 is 0. The highest BCUT2D eigenvalue weighted by molar-refractivity contribution is 5.96. The lowest BCUT2D eigenvalue weighted by atomic mass is 9.90. The first-order chi connectivity index (χ1) is 23.7. The fraction of sp³-hybridized carbons (Fsp3) is 0.286. The van der Waals surface area contributed by atoms with E-state index in [9.17, 15) is 24.3 Å². The van der Waals surface area contributed by atoms with Crippen LogP contribution >= 0.6 is 0 Å². The Hall–Kier alpha value is -6.14. The number of carboxylic acid groups (broad SMARTS) is 1. The molecule has 49 heavy (non-hydrogen) atoms. The van der Waals surface area contributed by atoms with Crippen LogP contribution < -0.4 is 9.47 Å². The maximum absolute atomic E-state index is 12.6. The third-order valence-corrected chi connectivity index (χ3v) is 7.43. The van der Waals surface area contributed by atoms with Gasteiger partial charge in [0.1, 0.15) is 29.5 Å². The van der Waals surface area contributed by atoms with Crippen molar-refractivity contribution in [3.8, 4) is 23.0 Å². The summed E-state index contributed by atoms with van der Waals surface area (Å²) in [5.74, 6) is -0.469. The summed E-state index contributed by atoms with van der Waals surface area (Å²) in [6.07, 6.45) is 1.90. The molecule has 0 radical (unpaired) electrons. The predicted octanol–water partition coefficient (Wildman–Crippen LogP) is 5.77. The third-order valence-electron chi connectivity index (χ3n) is 7.43. The molecule has 14 nitrogen and oxygen atoms in total. The number of carbonyl (C=O) groups excluding carboxylic acids is 3. The summed E-state index contributed by atoms with van der Waals surface area (Å²) < 4.78 is 21.4. The summed E-state index contributed by atoms with van der Waals surface area (Å²) in [6.45, 7) is 0.533. The fourth-order valence-corrected chi connectivity index (χ4v) is 5.03. The SMILES string of the molecule is COC(=O)CC(=O)CN=[N+]=[N-].O=C(O)[C@H]1CN(C(=O)Oc2ccccc2)C[C@H]1Cc1cccc(OCCc2cnc(-c3ccccc3)o2)c1. The highest BCUT2D eigenvalue weighted by Gasteiger charge is 2.40. The zero-order valence-electron chi connectivity index (χ0n) is 26.7. The summed E-state index contributed by atoms with van der Waals surface area (Å²) in [6, 6.07) is 26.1. The average molecular weight is 670 g/mol. The van der Waals surface area contributed by atoms with Crippen LogP contribution in [0, 0.1) is 11.8 Å². The van der Waals surface area contributed by atoms with E-state index in [-0.39, 0.29) is 25.4 Å². The standard InChI is InChI=1S/C30H28N2O6.C5H7N3O3/c33-29(34)27-20-32(30(35)38-24-11-5-2-6-12-24)19-23(27)16-21-8-7-13-25(17-21)36-15-14-26-18-31-28(37-26)22-9-3-1-4-10-22;1-11-5(10)2-4(9)3-7-8-6/h1-13,17-18,23,27H,14-16,19-20H2,(H,33,34);2-3H2,1H3/t23-,27+;/m1./s1. The Morgan fingerprint density at radius 2 is 1.71 bits per heavy atom. The van der Waals surface area contributed by atoms with Crippen molar-refractivity contribution >= 4 is 23.8 Å². The molecule has 3 aromatic carbocycles. The maximum atomic E-state index is 12.6. The Morgan fingerprint density at radius 3 is 2.41 bits per heavy atom. The Kier molecular flexibility index (Phi) is 13.3. The number of ketones is 1. The van der Waals surface area contributed by atoms with Gasteiger partial charge in [-0.1, -0.05) is 53.6 Å². The van der Waals surface area contributed by atoms with Crippen molar-refractivity contribution in [3.05, 3.63) is 113 Å². The number of oxazole rings is 1. The van der Waals surface area contributed by atoms with E-state index < -0.39 is 29.7 Å². The number of amides is 1. The molecule has 1 aromatic heterocycles. The number of nitrogens with zero attached hydrogens (tertiary/aromatic N) is 5. The molecule has 1 aliphatic rings. The molecule has 1 amide bonds.